The number of H-pyrrole nitrogens is 1. The van der Waals surface area contributed by atoms with E-state index >= 15 is 0 Å². The zero-order valence-corrected chi connectivity index (χ0v) is 20.4. The van der Waals surface area contributed by atoms with E-state index in [2.05, 4.69) is 17.2 Å². The van der Waals surface area contributed by atoms with Crippen molar-refractivity contribution in [2.45, 2.75) is 58.5 Å². The van der Waals surface area contributed by atoms with Crippen molar-refractivity contribution in [3.63, 3.8) is 0 Å². The monoisotopic (exact) mass is 506 g/mol. The summed E-state index contributed by atoms with van der Waals surface area (Å²) in [5, 5.41) is 27.7. The van der Waals surface area contributed by atoms with E-state index in [4.69, 9.17) is 23.4 Å². The summed E-state index contributed by atoms with van der Waals surface area (Å²) in [5.74, 6) is -2.98. The van der Waals surface area contributed by atoms with Gasteiger partial charge in [-0.25, -0.2) is 13.7 Å². The molecule has 0 spiro atoms. The van der Waals surface area contributed by atoms with Crippen molar-refractivity contribution in [1.82, 2.24) is 9.55 Å². The third-order valence-electron chi connectivity index (χ3n) is 4.57. The maximum atomic E-state index is 13.7. The SMILES string of the molecule is CC.CO.Cc1ccc2c(c1)COP(OC(O)(O)C1CCC(n3cc(F)c(=S)[nH]c3=O)O1)O2. The molecule has 10 nitrogen and oxygen atoms in total. The zero-order chi connectivity index (χ0) is 24.8. The Kier molecular flexibility index (Phi) is 10.1. The van der Waals surface area contributed by atoms with Gasteiger partial charge in [-0.3, -0.25) is 14.1 Å². The minimum Gasteiger partial charge on any atom is -0.426 e. The Morgan fingerprint density at radius 2 is 2.00 bits per heavy atom. The first-order valence-electron chi connectivity index (χ1n) is 10.2. The fourth-order valence-electron chi connectivity index (χ4n) is 3.13. The smallest absolute Gasteiger partial charge is 0.402 e. The molecular formula is C20H28FN2O8PS. The summed E-state index contributed by atoms with van der Waals surface area (Å²) in [6.07, 6.45) is -0.842. The Morgan fingerprint density at radius 1 is 1.30 bits per heavy atom. The van der Waals surface area contributed by atoms with Gasteiger partial charge in [0.2, 0.25) is 0 Å². The third kappa shape index (κ3) is 6.65. The summed E-state index contributed by atoms with van der Waals surface area (Å²) < 4.78 is 36.1. The van der Waals surface area contributed by atoms with E-state index in [-0.39, 0.29) is 24.1 Å². The van der Waals surface area contributed by atoms with Crippen LogP contribution in [0.5, 0.6) is 5.75 Å². The minimum atomic E-state index is -2.73. The molecular weight excluding hydrogens is 478 g/mol. The molecule has 33 heavy (non-hydrogen) atoms. The molecule has 0 bridgehead atoms. The highest BCUT2D eigenvalue weighted by Gasteiger charge is 2.47. The second-order valence-electron chi connectivity index (χ2n) is 6.75. The number of aromatic nitrogens is 2. The van der Waals surface area contributed by atoms with Gasteiger partial charge in [0.1, 0.15) is 22.7 Å². The average molecular weight is 506 g/mol. The first-order valence-corrected chi connectivity index (χ1v) is 11.7. The van der Waals surface area contributed by atoms with Crippen LogP contribution in [0.25, 0.3) is 0 Å². The molecule has 3 unspecified atom stereocenters. The second-order valence-corrected chi connectivity index (χ2v) is 8.23. The molecule has 1 aromatic heterocycles. The first kappa shape index (κ1) is 27.5. The van der Waals surface area contributed by atoms with E-state index in [9.17, 15) is 19.4 Å². The van der Waals surface area contributed by atoms with Crippen LogP contribution in [-0.2, 0) is 20.4 Å². The number of ether oxygens (including phenoxy) is 1. The quantitative estimate of drug-likeness (QED) is 0.280. The van der Waals surface area contributed by atoms with E-state index in [0.29, 0.717) is 5.75 Å². The third-order valence-corrected chi connectivity index (χ3v) is 5.97. The molecule has 1 saturated heterocycles. The molecule has 2 aromatic rings. The van der Waals surface area contributed by atoms with Gasteiger partial charge in [-0.2, -0.15) is 0 Å². The van der Waals surface area contributed by atoms with Crippen LogP contribution in [-0.4, -0.2) is 44.1 Å². The molecule has 0 aliphatic carbocycles. The summed E-state index contributed by atoms with van der Waals surface area (Å²) in [7, 11) is -1.08. The molecule has 4 N–H and O–H groups in total. The van der Waals surface area contributed by atoms with Crippen molar-refractivity contribution in [2.24, 2.45) is 0 Å². The summed E-state index contributed by atoms with van der Waals surface area (Å²) in [6, 6.07) is 5.51. The van der Waals surface area contributed by atoms with Gasteiger partial charge in [0, 0.05) is 12.7 Å². The number of nitrogens with one attached hydrogen (secondary N) is 1. The lowest BCUT2D eigenvalue weighted by Gasteiger charge is -2.32. The Labute approximate surface area is 196 Å². The summed E-state index contributed by atoms with van der Waals surface area (Å²) >= 11 is 4.67. The fraction of sp³-hybridized carbons (Fsp3) is 0.500. The molecule has 0 saturated carbocycles. The number of benzene rings is 1. The van der Waals surface area contributed by atoms with E-state index in [0.717, 1.165) is 29.0 Å². The van der Waals surface area contributed by atoms with Gasteiger partial charge in [0.25, 0.3) is 0 Å². The molecule has 0 radical (unpaired) electrons. The van der Waals surface area contributed by atoms with Crippen LogP contribution in [0.3, 0.4) is 0 Å². The topological polar surface area (TPSA) is 135 Å². The zero-order valence-electron chi connectivity index (χ0n) is 18.6. The van der Waals surface area contributed by atoms with Crippen LogP contribution in [0.2, 0.25) is 0 Å². The second kappa shape index (κ2) is 12.1. The van der Waals surface area contributed by atoms with Gasteiger partial charge in [-0.05, 0) is 25.8 Å². The van der Waals surface area contributed by atoms with Crippen molar-refractivity contribution in [3.05, 3.63) is 56.5 Å². The molecule has 0 amide bonds. The number of hydrogen-bond acceptors (Lipinski definition) is 9. The molecule has 2 aliphatic heterocycles. The van der Waals surface area contributed by atoms with Gasteiger partial charge in [0.15, 0.2) is 5.82 Å². The van der Waals surface area contributed by atoms with Gasteiger partial charge < -0.3 is 24.6 Å². The van der Waals surface area contributed by atoms with Gasteiger partial charge in [-0.15, -0.1) is 0 Å². The lowest BCUT2D eigenvalue weighted by Crippen LogP contribution is -2.44. The number of hydrogen-bond donors (Lipinski definition) is 4. The lowest BCUT2D eigenvalue weighted by atomic mass is 10.1. The van der Waals surface area contributed by atoms with Crippen molar-refractivity contribution in [3.8, 4) is 5.75 Å². The maximum absolute atomic E-state index is 13.7. The van der Waals surface area contributed by atoms with Gasteiger partial charge in [0.05, 0.1) is 12.8 Å². The highest BCUT2D eigenvalue weighted by atomic mass is 32.1. The number of aliphatic hydroxyl groups excluding tert-OH is 1. The highest BCUT2D eigenvalue weighted by molar-refractivity contribution is 7.71. The highest BCUT2D eigenvalue weighted by Crippen LogP contribution is 2.50. The number of rotatable bonds is 4. The predicted octanol–water partition coefficient (Wildman–Crippen LogP) is 3.16. The van der Waals surface area contributed by atoms with Crippen molar-refractivity contribution >= 4 is 20.8 Å². The van der Waals surface area contributed by atoms with Crippen molar-refractivity contribution in [2.75, 3.05) is 7.11 Å². The molecule has 13 heteroatoms. The van der Waals surface area contributed by atoms with Crippen LogP contribution in [0, 0.1) is 17.4 Å². The minimum absolute atomic E-state index is 0.139. The number of nitrogens with zero attached hydrogens (tertiary/aromatic N) is 1. The first-order chi connectivity index (χ1) is 15.7. The van der Waals surface area contributed by atoms with E-state index in [1.807, 2.05) is 32.9 Å². The average Bonchev–Trinajstić information content (AvgIpc) is 3.30. The fourth-order valence-corrected chi connectivity index (χ4v) is 4.33. The standard InChI is InChI=1S/C17H18FN2O7PS.C2H6.CH4O/c1-9-2-3-12-10(6-9)8-24-28(26-12)27-17(22,23)13-4-5-14(25-13)20-7-11(18)15(29)19-16(20)21;2*1-2/h2-3,6-7,13-14,22-23H,4-5,8H2,1H3,(H,19,21,29);1-2H3;2H,1H3. The van der Waals surface area contributed by atoms with E-state index in [1.165, 1.54) is 0 Å². The largest absolute Gasteiger partial charge is 0.426 e. The van der Waals surface area contributed by atoms with Crippen molar-refractivity contribution < 1.29 is 38.0 Å². The lowest BCUT2D eigenvalue weighted by molar-refractivity contribution is -0.346. The Morgan fingerprint density at radius 3 is 2.70 bits per heavy atom. The number of fused-ring (bicyclic) bond motifs is 1. The predicted molar refractivity (Wildman–Crippen MR) is 120 cm³/mol. The Hall–Kier alpha value is -1.76. The van der Waals surface area contributed by atoms with Crippen molar-refractivity contribution in [1.29, 1.82) is 0 Å². The molecule has 1 fully saturated rings. The number of halogens is 1. The maximum Gasteiger partial charge on any atom is 0.402 e. The number of aryl methyl sites for hydroxylation is 1. The van der Waals surface area contributed by atoms with Gasteiger partial charge in [-0.1, -0.05) is 43.8 Å². The van der Waals surface area contributed by atoms with Crippen LogP contribution in [0.15, 0.2) is 29.2 Å². The molecule has 184 valence electrons. The van der Waals surface area contributed by atoms with Crippen LogP contribution in [0.4, 0.5) is 4.39 Å². The van der Waals surface area contributed by atoms with Crippen LogP contribution in [0.1, 0.15) is 44.0 Å². The normalized spacial score (nSPS) is 21.6. The van der Waals surface area contributed by atoms with Crippen LogP contribution >= 0.6 is 20.8 Å². The Bertz CT molecular complexity index is 1050. The van der Waals surface area contributed by atoms with E-state index < -0.39 is 38.4 Å². The number of aromatic amines is 1. The molecule has 3 heterocycles. The van der Waals surface area contributed by atoms with Crippen LogP contribution < -0.4 is 10.2 Å². The molecule has 2 aliphatic rings. The summed E-state index contributed by atoms with van der Waals surface area (Å²) in [6.45, 7) is 6.14. The van der Waals surface area contributed by atoms with E-state index in [1.54, 1.807) is 6.07 Å². The summed E-state index contributed by atoms with van der Waals surface area (Å²) in [5.41, 5.74) is 1.20. The van der Waals surface area contributed by atoms with Gasteiger partial charge >= 0.3 is 20.3 Å². The Balaban J connectivity index is 0.000000914. The number of aliphatic hydroxyl groups is 3. The molecule has 4 rings (SSSR count). The molecule has 1 aromatic carbocycles. The summed E-state index contributed by atoms with van der Waals surface area (Å²) in [4.78, 5) is 14.2. The molecule has 3 atom stereocenters.